The summed E-state index contributed by atoms with van der Waals surface area (Å²) in [6, 6.07) is 5.88. The van der Waals surface area contributed by atoms with Crippen LogP contribution >= 0.6 is 0 Å². The van der Waals surface area contributed by atoms with Gasteiger partial charge >= 0.3 is 0 Å². The first kappa shape index (κ1) is 13.0. The maximum absolute atomic E-state index is 12.4. The summed E-state index contributed by atoms with van der Waals surface area (Å²) in [6.45, 7) is 2.97. The molecule has 1 heterocycles. The second kappa shape index (κ2) is 5.06. The summed E-state index contributed by atoms with van der Waals surface area (Å²) in [7, 11) is 1.84. The fourth-order valence-electron chi connectivity index (χ4n) is 2.52. The lowest BCUT2D eigenvalue weighted by Crippen LogP contribution is -2.50. The van der Waals surface area contributed by atoms with Crippen LogP contribution in [0.5, 0.6) is 0 Å². The van der Waals surface area contributed by atoms with Crippen molar-refractivity contribution in [2.24, 2.45) is 11.1 Å². The van der Waals surface area contributed by atoms with Gasteiger partial charge in [0.05, 0.1) is 17.7 Å². The number of aromatic nitrogens is 1. The first-order valence-electron chi connectivity index (χ1n) is 6.45. The Hall–Kier alpha value is -1.42. The molecule has 1 aromatic heterocycles. The molecule has 1 aliphatic rings. The molecule has 0 radical (unpaired) electrons. The Morgan fingerprint density at radius 2 is 2.22 bits per heavy atom. The fourth-order valence-corrected chi connectivity index (χ4v) is 2.52. The van der Waals surface area contributed by atoms with E-state index >= 15 is 0 Å². The van der Waals surface area contributed by atoms with Crippen LogP contribution in [0.2, 0.25) is 0 Å². The number of aryl methyl sites for hydroxylation is 1. The number of hydrogen-bond acceptors (Lipinski definition) is 3. The molecule has 1 aromatic rings. The number of pyridine rings is 1. The van der Waals surface area contributed by atoms with Crippen molar-refractivity contribution in [1.29, 1.82) is 0 Å². The van der Waals surface area contributed by atoms with Gasteiger partial charge < -0.3 is 10.6 Å². The summed E-state index contributed by atoms with van der Waals surface area (Å²) in [4.78, 5) is 18.6. The van der Waals surface area contributed by atoms with Gasteiger partial charge in [0, 0.05) is 19.3 Å². The predicted molar refractivity (Wildman–Crippen MR) is 70.8 cm³/mol. The Bertz CT molecular complexity index is 435. The third-order valence-electron chi connectivity index (χ3n) is 3.85. The molecule has 0 spiro atoms. The summed E-state index contributed by atoms with van der Waals surface area (Å²) in [5.41, 5.74) is 7.37. The van der Waals surface area contributed by atoms with Gasteiger partial charge in [-0.05, 0) is 31.9 Å². The van der Waals surface area contributed by atoms with Gasteiger partial charge in [-0.25, -0.2) is 0 Å². The van der Waals surface area contributed by atoms with E-state index in [2.05, 4.69) is 4.98 Å². The van der Waals surface area contributed by atoms with Gasteiger partial charge in [-0.1, -0.05) is 12.5 Å². The third kappa shape index (κ3) is 2.38. The van der Waals surface area contributed by atoms with Crippen molar-refractivity contribution in [1.82, 2.24) is 9.88 Å². The van der Waals surface area contributed by atoms with Crippen molar-refractivity contribution < 1.29 is 4.79 Å². The van der Waals surface area contributed by atoms with E-state index in [0.717, 1.165) is 30.7 Å². The molecule has 2 rings (SSSR count). The average molecular weight is 247 g/mol. The highest BCUT2D eigenvalue weighted by atomic mass is 16.2. The highest BCUT2D eigenvalue weighted by Gasteiger charge is 2.44. The summed E-state index contributed by atoms with van der Waals surface area (Å²) >= 11 is 0. The fraction of sp³-hybridized carbons (Fsp3) is 0.571. The SMILES string of the molecule is Cc1cccc(CN(C)C(=O)C2(CN)CCC2)n1. The van der Waals surface area contributed by atoms with Crippen molar-refractivity contribution >= 4 is 5.91 Å². The Morgan fingerprint density at radius 1 is 1.50 bits per heavy atom. The predicted octanol–water partition coefficient (Wildman–Crippen LogP) is 1.48. The van der Waals surface area contributed by atoms with Crippen molar-refractivity contribution in [2.45, 2.75) is 32.7 Å². The van der Waals surface area contributed by atoms with Crippen LogP contribution in [0.3, 0.4) is 0 Å². The smallest absolute Gasteiger partial charge is 0.230 e. The van der Waals surface area contributed by atoms with Crippen LogP contribution in [0.25, 0.3) is 0 Å². The number of amides is 1. The maximum Gasteiger partial charge on any atom is 0.230 e. The summed E-state index contributed by atoms with van der Waals surface area (Å²) in [5.74, 6) is 0.166. The molecule has 1 fully saturated rings. The van der Waals surface area contributed by atoms with E-state index in [9.17, 15) is 4.79 Å². The number of nitrogens with zero attached hydrogens (tertiary/aromatic N) is 2. The van der Waals surface area contributed by atoms with Crippen molar-refractivity contribution in [3.05, 3.63) is 29.6 Å². The van der Waals surface area contributed by atoms with Crippen LogP contribution in [0.4, 0.5) is 0 Å². The number of nitrogens with two attached hydrogens (primary N) is 1. The molecule has 0 saturated heterocycles. The van der Waals surface area contributed by atoms with Gasteiger partial charge in [0.15, 0.2) is 0 Å². The van der Waals surface area contributed by atoms with E-state index in [1.807, 2.05) is 32.2 Å². The Labute approximate surface area is 108 Å². The number of carbonyl (C=O) groups excluding carboxylic acids is 1. The second-order valence-corrected chi connectivity index (χ2v) is 5.27. The average Bonchev–Trinajstić information content (AvgIpc) is 2.28. The lowest BCUT2D eigenvalue weighted by Gasteiger charge is -2.41. The molecule has 0 unspecified atom stereocenters. The third-order valence-corrected chi connectivity index (χ3v) is 3.85. The van der Waals surface area contributed by atoms with Crippen LogP contribution in [0.1, 0.15) is 30.7 Å². The van der Waals surface area contributed by atoms with E-state index in [4.69, 9.17) is 5.73 Å². The topological polar surface area (TPSA) is 59.2 Å². The molecule has 1 amide bonds. The minimum absolute atomic E-state index is 0.166. The number of carbonyl (C=O) groups is 1. The molecule has 0 aromatic carbocycles. The molecule has 18 heavy (non-hydrogen) atoms. The Kier molecular flexibility index (Phi) is 3.66. The second-order valence-electron chi connectivity index (χ2n) is 5.27. The first-order chi connectivity index (χ1) is 8.57. The molecular formula is C14H21N3O. The van der Waals surface area contributed by atoms with Gasteiger partial charge in [-0.15, -0.1) is 0 Å². The van der Waals surface area contributed by atoms with Gasteiger partial charge in [0.1, 0.15) is 0 Å². The molecule has 4 nitrogen and oxygen atoms in total. The van der Waals surface area contributed by atoms with E-state index in [0.29, 0.717) is 13.1 Å². The van der Waals surface area contributed by atoms with E-state index < -0.39 is 0 Å². The molecule has 0 atom stereocenters. The molecule has 1 aliphatic carbocycles. The van der Waals surface area contributed by atoms with Crippen LogP contribution in [-0.4, -0.2) is 29.4 Å². The van der Waals surface area contributed by atoms with Crippen molar-refractivity contribution in [3.8, 4) is 0 Å². The normalized spacial score (nSPS) is 17.1. The zero-order valence-corrected chi connectivity index (χ0v) is 11.1. The quantitative estimate of drug-likeness (QED) is 0.876. The molecule has 1 saturated carbocycles. The Morgan fingerprint density at radius 3 is 2.72 bits per heavy atom. The van der Waals surface area contributed by atoms with Crippen LogP contribution in [0, 0.1) is 12.3 Å². The molecule has 0 aliphatic heterocycles. The minimum atomic E-state index is -0.293. The summed E-state index contributed by atoms with van der Waals surface area (Å²) in [5, 5.41) is 0. The van der Waals surface area contributed by atoms with Gasteiger partial charge in [0.2, 0.25) is 5.91 Å². The monoisotopic (exact) mass is 247 g/mol. The molecule has 98 valence electrons. The molecule has 4 heteroatoms. The zero-order valence-electron chi connectivity index (χ0n) is 11.1. The lowest BCUT2D eigenvalue weighted by atomic mass is 9.68. The van der Waals surface area contributed by atoms with E-state index in [1.165, 1.54) is 0 Å². The van der Waals surface area contributed by atoms with Crippen molar-refractivity contribution in [2.75, 3.05) is 13.6 Å². The van der Waals surface area contributed by atoms with Crippen molar-refractivity contribution in [3.63, 3.8) is 0 Å². The largest absolute Gasteiger partial charge is 0.339 e. The Balaban J connectivity index is 2.03. The van der Waals surface area contributed by atoms with Gasteiger partial charge in [-0.2, -0.15) is 0 Å². The maximum atomic E-state index is 12.4. The zero-order chi connectivity index (χ0) is 13.2. The van der Waals surface area contributed by atoms with Crippen LogP contribution in [-0.2, 0) is 11.3 Å². The first-order valence-corrected chi connectivity index (χ1v) is 6.45. The highest BCUT2D eigenvalue weighted by Crippen LogP contribution is 2.41. The number of rotatable bonds is 4. The number of hydrogen-bond donors (Lipinski definition) is 1. The molecule has 2 N–H and O–H groups in total. The minimum Gasteiger partial charge on any atom is -0.339 e. The van der Waals surface area contributed by atoms with Gasteiger partial charge in [-0.3, -0.25) is 9.78 Å². The standard InChI is InChI=1S/C14H21N3O/c1-11-5-3-6-12(16-11)9-17(2)13(18)14(10-15)7-4-8-14/h3,5-6H,4,7-10,15H2,1-2H3. The molecule has 0 bridgehead atoms. The van der Waals surface area contributed by atoms with Crippen LogP contribution < -0.4 is 5.73 Å². The van der Waals surface area contributed by atoms with E-state index in [-0.39, 0.29) is 11.3 Å². The molecular weight excluding hydrogens is 226 g/mol. The lowest BCUT2D eigenvalue weighted by molar-refractivity contribution is -0.145. The van der Waals surface area contributed by atoms with Gasteiger partial charge in [0.25, 0.3) is 0 Å². The van der Waals surface area contributed by atoms with Crippen LogP contribution in [0.15, 0.2) is 18.2 Å². The summed E-state index contributed by atoms with van der Waals surface area (Å²) < 4.78 is 0. The van der Waals surface area contributed by atoms with E-state index in [1.54, 1.807) is 4.90 Å². The highest BCUT2D eigenvalue weighted by molar-refractivity contribution is 5.83. The summed E-state index contributed by atoms with van der Waals surface area (Å²) in [6.07, 6.45) is 2.96.